The predicted octanol–water partition coefficient (Wildman–Crippen LogP) is 3.80. The summed E-state index contributed by atoms with van der Waals surface area (Å²) in [7, 11) is 0. The van der Waals surface area contributed by atoms with Gasteiger partial charge in [-0.15, -0.1) is 0 Å². The molecule has 1 N–H and O–H groups in total. The van der Waals surface area contributed by atoms with Gasteiger partial charge in [0, 0.05) is 25.6 Å². The molecule has 2 aliphatic heterocycles. The molecule has 0 aliphatic carbocycles. The van der Waals surface area contributed by atoms with E-state index in [0.29, 0.717) is 18.8 Å². The average Bonchev–Trinajstić information content (AvgIpc) is 3.34. The number of hydrogen-bond donors (Lipinski definition) is 1. The zero-order valence-electron chi connectivity index (χ0n) is 19.8. The van der Waals surface area contributed by atoms with Crippen LogP contribution in [-0.2, 0) is 20.7 Å². The quantitative estimate of drug-likeness (QED) is 0.697. The number of ether oxygens (including phenoxy) is 2. The monoisotopic (exact) mass is 450 g/mol. The third-order valence-corrected chi connectivity index (χ3v) is 6.44. The highest BCUT2D eigenvalue weighted by atomic mass is 16.5. The summed E-state index contributed by atoms with van der Waals surface area (Å²) >= 11 is 0. The highest BCUT2D eigenvalue weighted by Crippen LogP contribution is 2.38. The van der Waals surface area contributed by atoms with Gasteiger partial charge in [0.25, 0.3) is 5.91 Å². The molecule has 0 spiro atoms. The van der Waals surface area contributed by atoms with Crippen LogP contribution in [-0.4, -0.2) is 49.1 Å². The predicted molar refractivity (Wildman–Crippen MR) is 127 cm³/mol. The van der Waals surface area contributed by atoms with Crippen LogP contribution in [0.1, 0.15) is 55.0 Å². The van der Waals surface area contributed by atoms with Gasteiger partial charge in [-0.2, -0.15) is 0 Å². The maximum Gasteiger partial charge on any atom is 0.258 e. The lowest BCUT2D eigenvalue weighted by atomic mass is 9.87. The van der Waals surface area contributed by atoms with Crippen LogP contribution in [0.2, 0.25) is 0 Å². The Morgan fingerprint density at radius 2 is 1.97 bits per heavy atom. The SMILES string of the molecule is Cc1ccc(C2c3cc(OCC(=O)NCC4CCCO4)ccc3CCN2C(=O)C(C)C)cc1. The molecule has 0 saturated carbocycles. The van der Waals surface area contributed by atoms with E-state index < -0.39 is 0 Å². The summed E-state index contributed by atoms with van der Waals surface area (Å²) in [6, 6.07) is 14.2. The third-order valence-electron chi connectivity index (χ3n) is 6.44. The van der Waals surface area contributed by atoms with Crippen LogP contribution in [0.25, 0.3) is 0 Å². The number of nitrogens with one attached hydrogen (secondary N) is 1. The van der Waals surface area contributed by atoms with Crippen LogP contribution in [0.15, 0.2) is 42.5 Å². The Kier molecular flexibility index (Phi) is 7.33. The van der Waals surface area contributed by atoms with Crippen LogP contribution >= 0.6 is 0 Å². The van der Waals surface area contributed by atoms with Gasteiger partial charge >= 0.3 is 0 Å². The van der Waals surface area contributed by atoms with Gasteiger partial charge in [0.15, 0.2) is 6.61 Å². The fourth-order valence-electron chi connectivity index (χ4n) is 4.59. The summed E-state index contributed by atoms with van der Waals surface area (Å²) in [6.07, 6.45) is 2.94. The lowest BCUT2D eigenvalue weighted by molar-refractivity contribution is -0.136. The fraction of sp³-hybridized carbons (Fsp3) is 0.481. The first-order valence-electron chi connectivity index (χ1n) is 11.9. The van der Waals surface area contributed by atoms with E-state index in [0.717, 1.165) is 37.0 Å². The first-order valence-corrected chi connectivity index (χ1v) is 11.9. The maximum absolute atomic E-state index is 13.1. The van der Waals surface area contributed by atoms with Crippen molar-refractivity contribution in [3.8, 4) is 5.75 Å². The van der Waals surface area contributed by atoms with Crippen molar-refractivity contribution in [3.63, 3.8) is 0 Å². The van der Waals surface area contributed by atoms with Crippen molar-refractivity contribution in [1.29, 1.82) is 0 Å². The van der Waals surface area contributed by atoms with Crippen LogP contribution in [0.5, 0.6) is 5.75 Å². The third kappa shape index (κ3) is 5.56. The smallest absolute Gasteiger partial charge is 0.258 e. The minimum Gasteiger partial charge on any atom is -0.484 e. The molecule has 2 unspecified atom stereocenters. The maximum atomic E-state index is 13.1. The zero-order chi connectivity index (χ0) is 23.4. The van der Waals surface area contributed by atoms with E-state index in [1.165, 1.54) is 11.1 Å². The van der Waals surface area contributed by atoms with E-state index in [2.05, 4.69) is 42.6 Å². The van der Waals surface area contributed by atoms with Gasteiger partial charge in [-0.3, -0.25) is 9.59 Å². The number of fused-ring (bicyclic) bond motifs is 1. The second-order valence-electron chi connectivity index (χ2n) is 9.34. The Hall–Kier alpha value is -2.86. The number of benzene rings is 2. The summed E-state index contributed by atoms with van der Waals surface area (Å²) in [6.45, 7) is 7.88. The van der Waals surface area contributed by atoms with E-state index in [1.54, 1.807) is 0 Å². The normalized spacial score (nSPS) is 19.9. The topological polar surface area (TPSA) is 67.9 Å². The van der Waals surface area contributed by atoms with E-state index in [4.69, 9.17) is 9.47 Å². The van der Waals surface area contributed by atoms with Gasteiger partial charge < -0.3 is 19.7 Å². The number of hydrogen-bond acceptors (Lipinski definition) is 4. The van der Waals surface area contributed by atoms with E-state index in [1.807, 2.05) is 30.9 Å². The number of carbonyl (C=O) groups excluding carboxylic acids is 2. The summed E-state index contributed by atoms with van der Waals surface area (Å²) in [5, 5.41) is 2.89. The van der Waals surface area contributed by atoms with Crippen molar-refractivity contribution in [3.05, 3.63) is 64.7 Å². The van der Waals surface area contributed by atoms with Crippen LogP contribution in [0.3, 0.4) is 0 Å². The van der Waals surface area contributed by atoms with Crippen molar-refractivity contribution in [2.75, 3.05) is 26.3 Å². The average molecular weight is 451 g/mol. The minimum absolute atomic E-state index is 0.0463. The Bertz CT molecular complexity index is 980. The van der Waals surface area contributed by atoms with Crippen molar-refractivity contribution in [1.82, 2.24) is 10.2 Å². The molecule has 6 heteroatoms. The molecule has 2 amide bonds. The molecular formula is C27H34N2O4. The second-order valence-corrected chi connectivity index (χ2v) is 9.34. The molecule has 2 heterocycles. The molecule has 0 bridgehead atoms. The largest absolute Gasteiger partial charge is 0.484 e. The van der Waals surface area contributed by atoms with Gasteiger partial charge in [0.05, 0.1) is 12.1 Å². The van der Waals surface area contributed by atoms with Crippen molar-refractivity contribution in [2.45, 2.75) is 52.2 Å². The second kappa shape index (κ2) is 10.4. The Balaban J connectivity index is 1.52. The zero-order valence-corrected chi connectivity index (χ0v) is 19.8. The summed E-state index contributed by atoms with van der Waals surface area (Å²) in [4.78, 5) is 27.3. The Morgan fingerprint density at radius 3 is 2.67 bits per heavy atom. The molecule has 0 aromatic heterocycles. The molecule has 1 fully saturated rings. The summed E-state index contributed by atoms with van der Waals surface area (Å²) < 4.78 is 11.4. The van der Waals surface area contributed by atoms with Gasteiger partial charge in [-0.1, -0.05) is 49.7 Å². The minimum atomic E-state index is -0.166. The number of aryl methyl sites for hydroxylation is 1. The van der Waals surface area contributed by atoms with E-state index in [-0.39, 0.29) is 36.5 Å². The fourth-order valence-corrected chi connectivity index (χ4v) is 4.59. The highest BCUT2D eigenvalue weighted by Gasteiger charge is 2.33. The van der Waals surface area contributed by atoms with E-state index in [9.17, 15) is 9.59 Å². The lowest BCUT2D eigenvalue weighted by Crippen LogP contribution is -2.42. The molecular weight excluding hydrogens is 416 g/mol. The van der Waals surface area contributed by atoms with Crippen LogP contribution < -0.4 is 10.1 Å². The first kappa shape index (κ1) is 23.3. The Morgan fingerprint density at radius 1 is 1.18 bits per heavy atom. The number of nitrogens with zero attached hydrogens (tertiary/aromatic N) is 1. The van der Waals surface area contributed by atoms with Crippen molar-refractivity contribution in [2.24, 2.45) is 5.92 Å². The molecule has 1 saturated heterocycles. The number of rotatable bonds is 7. The number of amides is 2. The molecule has 2 atom stereocenters. The van der Waals surface area contributed by atoms with Crippen LogP contribution in [0.4, 0.5) is 0 Å². The summed E-state index contributed by atoms with van der Waals surface area (Å²) in [5.74, 6) is 0.546. The molecule has 2 aromatic carbocycles. The number of carbonyl (C=O) groups is 2. The van der Waals surface area contributed by atoms with Crippen LogP contribution in [0, 0.1) is 12.8 Å². The first-order chi connectivity index (χ1) is 15.9. The molecule has 6 nitrogen and oxygen atoms in total. The lowest BCUT2D eigenvalue weighted by Gasteiger charge is -2.39. The summed E-state index contributed by atoms with van der Waals surface area (Å²) in [5.41, 5.74) is 4.55. The standard InChI is InChI=1S/C27H34N2O4/c1-18(2)27(31)29-13-12-20-10-11-22(33-17-25(30)28-16-23-5-4-14-32-23)15-24(20)26(29)21-8-6-19(3)7-9-21/h6-11,15,18,23,26H,4-5,12-14,16-17H2,1-3H3,(H,28,30). The van der Waals surface area contributed by atoms with Crippen molar-refractivity contribution >= 4 is 11.8 Å². The van der Waals surface area contributed by atoms with Gasteiger partial charge in [-0.05, 0) is 55.0 Å². The van der Waals surface area contributed by atoms with E-state index >= 15 is 0 Å². The molecule has 0 radical (unpaired) electrons. The molecule has 2 aliphatic rings. The van der Waals surface area contributed by atoms with Gasteiger partial charge in [-0.25, -0.2) is 0 Å². The molecule has 176 valence electrons. The highest BCUT2D eigenvalue weighted by molar-refractivity contribution is 5.80. The molecule has 2 aromatic rings. The molecule has 4 rings (SSSR count). The van der Waals surface area contributed by atoms with Gasteiger partial charge in [0.1, 0.15) is 5.75 Å². The van der Waals surface area contributed by atoms with Crippen molar-refractivity contribution < 1.29 is 19.1 Å². The Labute approximate surface area is 196 Å². The molecule has 33 heavy (non-hydrogen) atoms. The van der Waals surface area contributed by atoms with Gasteiger partial charge in [0.2, 0.25) is 5.91 Å².